The molecule has 2 aromatic rings. The van der Waals surface area contributed by atoms with Gasteiger partial charge >= 0.3 is 0 Å². The van der Waals surface area contributed by atoms with Gasteiger partial charge in [-0.15, -0.1) is 11.3 Å². The van der Waals surface area contributed by atoms with E-state index in [-0.39, 0.29) is 5.91 Å². The van der Waals surface area contributed by atoms with Crippen molar-refractivity contribution >= 4 is 34.1 Å². The van der Waals surface area contributed by atoms with Crippen LogP contribution in [-0.2, 0) is 11.2 Å². The van der Waals surface area contributed by atoms with E-state index in [4.69, 9.17) is 0 Å². The van der Waals surface area contributed by atoms with Crippen LogP contribution in [0, 0.1) is 13.8 Å². The van der Waals surface area contributed by atoms with Crippen molar-refractivity contribution in [1.29, 1.82) is 0 Å². The lowest BCUT2D eigenvalue weighted by atomic mass is 10.1. The molecule has 1 aliphatic rings. The number of hydrogen-bond acceptors (Lipinski definition) is 6. The smallest absolute Gasteiger partial charge is 0.226 e. The number of aromatic nitrogens is 3. The van der Waals surface area contributed by atoms with E-state index in [0.717, 1.165) is 27.8 Å². The average Bonchev–Trinajstić information content (AvgIpc) is 3.26. The largest absolute Gasteiger partial charge is 0.302 e. The van der Waals surface area contributed by atoms with Gasteiger partial charge < -0.3 is 5.32 Å². The molecule has 2 aromatic heterocycles. The lowest BCUT2D eigenvalue weighted by Crippen LogP contribution is -2.13. The number of carbonyl (C=O) groups is 1. The summed E-state index contributed by atoms with van der Waals surface area (Å²) < 4.78 is 0. The van der Waals surface area contributed by atoms with Gasteiger partial charge in [0.1, 0.15) is 0 Å². The molecule has 0 unspecified atom stereocenters. The van der Waals surface area contributed by atoms with E-state index < -0.39 is 0 Å². The van der Waals surface area contributed by atoms with E-state index in [0.29, 0.717) is 23.9 Å². The molecular formula is C16H20N4OS2. The van der Waals surface area contributed by atoms with Gasteiger partial charge in [0.25, 0.3) is 0 Å². The number of nitrogens with one attached hydrogen (secondary N) is 1. The Kier molecular flexibility index (Phi) is 4.96. The van der Waals surface area contributed by atoms with E-state index in [9.17, 15) is 4.79 Å². The predicted molar refractivity (Wildman–Crippen MR) is 94.3 cm³/mol. The first-order valence-electron chi connectivity index (χ1n) is 7.70. The first-order valence-corrected chi connectivity index (χ1v) is 9.80. The summed E-state index contributed by atoms with van der Waals surface area (Å²) in [5.41, 5.74) is 4.11. The Labute approximate surface area is 144 Å². The summed E-state index contributed by atoms with van der Waals surface area (Å²) in [4.78, 5) is 25.5. The van der Waals surface area contributed by atoms with E-state index in [1.54, 1.807) is 0 Å². The molecule has 1 fully saturated rings. The minimum atomic E-state index is -0.00515. The number of amides is 1. The summed E-state index contributed by atoms with van der Waals surface area (Å²) in [6.07, 6.45) is 5.48. The summed E-state index contributed by atoms with van der Waals surface area (Å²) in [7, 11) is 0. The highest BCUT2D eigenvalue weighted by molar-refractivity contribution is 7.98. The van der Waals surface area contributed by atoms with Crippen molar-refractivity contribution in [3.63, 3.8) is 0 Å². The van der Waals surface area contributed by atoms with Crippen LogP contribution in [0.25, 0.3) is 0 Å². The van der Waals surface area contributed by atoms with Gasteiger partial charge in [0, 0.05) is 29.1 Å². The topological polar surface area (TPSA) is 67.8 Å². The van der Waals surface area contributed by atoms with Crippen LogP contribution in [0.3, 0.4) is 0 Å². The Morgan fingerprint density at radius 2 is 2.00 bits per heavy atom. The van der Waals surface area contributed by atoms with Crippen LogP contribution in [0.5, 0.6) is 0 Å². The number of hydrogen-bond donors (Lipinski definition) is 1. The van der Waals surface area contributed by atoms with Gasteiger partial charge in [-0.3, -0.25) is 4.79 Å². The van der Waals surface area contributed by atoms with Crippen LogP contribution >= 0.6 is 23.1 Å². The van der Waals surface area contributed by atoms with Crippen molar-refractivity contribution in [2.24, 2.45) is 0 Å². The van der Waals surface area contributed by atoms with Gasteiger partial charge in [0.15, 0.2) is 10.3 Å². The van der Waals surface area contributed by atoms with Crippen molar-refractivity contribution in [3.05, 3.63) is 28.0 Å². The van der Waals surface area contributed by atoms with Gasteiger partial charge in [0.2, 0.25) is 5.91 Å². The van der Waals surface area contributed by atoms with Crippen molar-refractivity contribution in [3.8, 4) is 0 Å². The summed E-state index contributed by atoms with van der Waals surface area (Å²) in [6.45, 7) is 3.95. The fourth-order valence-electron chi connectivity index (χ4n) is 2.49. The van der Waals surface area contributed by atoms with Crippen LogP contribution in [0.4, 0.5) is 5.13 Å². The molecule has 0 aromatic carbocycles. The predicted octanol–water partition coefficient (Wildman–Crippen LogP) is 3.72. The second-order valence-electron chi connectivity index (χ2n) is 5.76. The molecule has 122 valence electrons. The summed E-state index contributed by atoms with van der Waals surface area (Å²) in [5, 5.41) is 6.44. The Bertz CT molecular complexity index is 702. The van der Waals surface area contributed by atoms with E-state index in [2.05, 4.69) is 25.6 Å². The second-order valence-corrected chi connectivity index (χ2v) is 7.39. The highest BCUT2D eigenvalue weighted by Gasteiger charge is 2.26. The molecule has 2 heterocycles. The third-order valence-electron chi connectivity index (χ3n) is 3.95. The number of anilines is 1. The monoisotopic (exact) mass is 348 g/mol. The summed E-state index contributed by atoms with van der Waals surface area (Å²) in [6, 6.07) is 0. The van der Waals surface area contributed by atoms with E-state index in [1.165, 1.54) is 35.9 Å². The van der Waals surface area contributed by atoms with Gasteiger partial charge in [-0.1, -0.05) is 11.8 Å². The molecular weight excluding hydrogens is 328 g/mol. The minimum Gasteiger partial charge on any atom is -0.302 e. The Hall–Kier alpha value is -1.47. The summed E-state index contributed by atoms with van der Waals surface area (Å²) in [5.74, 6) is 0.615. The van der Waals surface area contributed by atoms with Gasteiger partial charge in [0.05, 0.1) is 5.69 Å². The maximum Gasteiger partial charge on any atom is 0.226 e. The first-order chi connectivity index (χ1) is 11.1. The minimum absolute atomic E-state index is 0.00515. The zero-order chi connectivity index (χ0) is 16.4. The van der Waals surface area contributed by atoms with Crippen molar-refractivity contribution in [2.45, 2.75) is 50.6 Å². The second kappa shape index (κ2) is 6.97. The molecule has 0 saturated heterocycles. The fraction of sp³-hybridized carbons (Fsp3) is 0.500. The van der Waals surface area contributed by atoms with E-state index >= 15 is 0 Å². The lowest BCUT2D eigenvalue weighted by Gasteiger charge is -2.09. The number of aryl methyl sites for hydroxylation is 2. The highest BCUT2D eigenvalue weighted by Crippen LogP contribution is 2.40. The lowest BCUT2D eigenvalue weighted by molar-refractivity contribution is -0.116. The molecule has 1 N–H and O–H groups in total. The maximum absolute atomic E-state index is 12.1. The molecule has 1 saturated carbocycles. The fourth-order valence-corrected chi connectivity index (χ4v) is 3.76. The van der Waals surface area contributed by atoms with Crippen LogP contribution in [-0.4, -0.2) is 27.1 Å². The molecule has 1 aliphatic carbocycles. The average molecular weight is 348 g/mol. The van der Waals surface area contributed by atoms with Crippen LogP contribution in [0.1, 0.15) is 47.8 Å². The molecule has 0 radical (unpaired) electrons. The van der Waals surface area contributed by atoms with Crippen molar-refractivity contribution < 1.29 is 4.79 Å². The van der Waals surface area contributed by atoms with Gasteiger partial charge in [-0.2, -0.15) is 0 Å². The number of rotatable bonds is 6. The van der Waals surface area contributed by atoms with Crippen LogP contribution in [0.15, 0.2) is 10.5 Å². The third kappa shape index (κ3) is 4.09. The molecule has 7 heteroatoms. The Morgan fingerprint density at radius 1 is 1.30 bits per heavy atom. The third-order valence-corrected chi connectivity index (χ3v) is 5.27. The Morgan fingerprint density at radius 3 is 2.61 bits per heavy atom. The van der Waals surface area contributed by atoms with Crippen LogP contribution in [0.2, 0.25) is 0 Å². The molecule has 0 bridgehead atoms. The molecule has 5 nitrogen and oxygen atoms in total. The van der Waals surface area contributed by atoms with Gasteiger partial charge in [-0.05, 0) is 44.9 Å². The van der Waals surface area contributed by atoms with E-state index in [1.807, 2.05) is 20.1 Å². The quantitative estimate of drug-likeness (QED) is 0.636. The molecule has 0 aliphatic heterocycles. The zero-order valence-electron chi connectivity index (χ0n) is 13.5. The number of carbonyl (C=O) groups excluding carboxylic acids is 1. The number of nitrogens with zero attached hydrogens (tertiary/aromatic N) is 3. The van der Waals surface area contributed by atoms with Crippen LogP contribution < -0.4 is 5.32 Å². The molecule has 1 amide bonds. The standard InChI is InChI=1S/C16H20N4OS2/c1-9-12(10(2)18-15(17-9)22-3)6-7-14(21)20-16-19-13(8-23-16)11-4-5-11/h8,11H,4-7H2,1-3H3,(H,19,20,21). The molecule has 0 spiro atoms. The Balaban J connectivity index is 1.58. The molecule has 0 atom stereocenters. The molecule has 3 rings (SSSR count). The van der Waals surface area contributed by atoms with Crippen molar-refractivity contribution in [1.82, 2.24) is 15.0 Å². The molecule has 23 heavy (non-hydrogen) atoms. The normalized spacial score (nSPS) is 14.0. The maximum atomic E-state index is 12.1. The number of thioether (sulfide) groups is 1. The first kappa shape index (κ1) is 16.4. The van der Waals surface area contributed by atoms with Gasteiger partial charge in [-0.25, -0.2) is 15.0 Å². The SMILES string of the molecule is CSc1nc(C)c(CCC(=O)Nc2nc(C3CC3)cs2)c(C)n1. The van der Waals surface area contributed by atoms with Crippen molar-refractivity contribution in [2.75, 3.05) is 11.6 Å². The highest BCUT2D eigenvalue weighted by atomic mass is 32.2. The number of thiazole rings is 1. The zero-order valence-corrected chi connectivity index (χ0v) is 15.2. The summed E-state index contributed by atoms with van der Waals surface area (Å²) >= 11 is 3.04.